The number of nitrogens with one attached hydrogen (secondary N) is 1. The van der Waals surface area contributed by atoms with E-state index in [1.807, 2.05) is 0 Å². The number of nitrogens with zero attached hydrogens (tertiary/aromatic N) is 1. The van der Waals surface area contributed by atoms with E-state index in [0.717, 1.165) is 0 Å². The molecule has 0 aliphatic carbocycles. The van der Waals surface area contributed by atoms with E-state index in [1.165, 1.54) is 0 Å². The second kappa shape index (κ2) is 3.03. The summed E-state index contributed by atoms with van der Waals surface area (Å²) in [5.74, 6) is -2.57. The smallest absolute Gasteiger partial charge is 0.275 e. The summed E-state index contributed by atoms with van der Waals surface area (Å²) in [4.78, 5) is 1.60. The molecular formula is C7H14F2N2. The van der Waals surface area contributed by atoms with Crippen LogP contribution in [0.2, 0.25) is 0 Å². The van der Waals surface area contributed by atoms with Crippen molar-refractivity contribution < 1.29 is 8.78 Å². The fraction of sp³-hybridized carbons (Fsp3) is 1.00. The molecule has 0 bridgehead atoms. The monoisotopic (exact) mass is 164 g/mol. The van der Waals surface area contributed by atoms with Gasteiger partial charge >= 0.3 is 0 Å². The lowest BCUT2D eigenvalue weighted by atomic mass is 10.0. The van der Waals surface area contributed by atoms with Gasteiger partial charge in [-0.2, -0.15) is 0 Å². The minimum absolute atomic E-state index is 0.185. The van der Waals surface area contributed by atoms with Gasteiger partial charge in [0.25, 0.3) is 5.92 Å². The van der Waals surface area contributed by atoms with Crippen LogP contribution >= 0.6 is 0 Å². The first kappa shape index (κ1) is 8.87. The second-order valence-corrected chi connectivity index (χ2v) is 3.21. The minimum atomic E-state index is -2.57. The van der Waals surface area contributed by atoms with Crippen molar-refractivity contribution in [2.45, 2.75) is 18.4 Å². The second-order valence-electron chi connectivity index (χ2n) is 3.21. The highest BCUT2D eigenvalue weighted by molar-refractivity contribution is 4.89. The van der Waals surface area contributed by atoms with Crippen LogP contribution in [0.1, 0.15) is 6.42 Å². The number of alkyl halides is 2. The molecule has 66 valence electrons. The van der Waals surface area contributed by atoms with Crippen LogP contribution in [-0.4, -0.2) is 44.0 Å². The summed E-state index contributed by atoms with van der Waals surface area (Å²) in [5, 5.41) is 2.68. The molecule has 1 fully saturated rings. The molecule has 0 unspecified atom stereocenters. The van der Waals surface area contributed by atoms with Crippen molar-refractivity contribution in [1.29, 1.82) is 0 Å². The molecule has 11 heavy (non-hydrogen) atoms. The average Bonchev–Trinajstić information content (AvgIpc) is 1.85. The van der Waals surface area contributed by atoms with Gasteiger partial charge in [0.05, 0.1) is 12.6 Å². The highest BCUT2D eigenvalue weighted by Crippen LogP contribution is 2.25. The third-order valence-electron chi connectivity index (χ3n) is 2.07. The van der Waals surface area contributed by atoms with Gasteiger partial charge in [-0.25, -0.2) is 8.78 Å². The fourth-order valence-electron chi connectivity index (χ4n) is 1.46. The van der Waals surface area contributed by atoms with Crippen molar-refractivity contribution >= 4 is 0 Å². The molecule has 0 amide bonds. The van der Waals surface area contributed by atoms with Gasteiger partial charge in [0.1, 0.15) is 0 Å². The van der Waals surface area contributed by atoms with Crippen LogP contribution in [0.5, 0.6) is 0 Å². The van der Waals surface area contributed by atoms with E-state index in [-0.39, 0.29) is 6.54 Å². The fourth-order valence-corrected chi connectivity index (χ4v) is 1.46. The van der Waals surface area contributed by atoms with Gasteiger partial charge in [0, 0.05) is 0 Å². The Morgan fingerprint density at radius 2 is 2.09 bits per heavy atom. The van der Waals surface area contributed by atoms with Crippen LogP contribution < -0.4 is 5.32 Å². The Morgan fingerprint density at radius 1 is 1.45 bits per heavy atom. The lowest BCUT2D eigenvalue weighted by Gasteiger charge is -2.35. The molecule has 0 saturated carbocycles. The molecule has 1 N–H and O–H groups in total. The predicted molar refractivity (Wildman–Crippen MR) is 39.9 cm³/mol. The van der Waals surface area contributed by atoms with Crippen molar-refractivity contribution in [2.24, 2.45) is 0 Å². The van der Waals surface area contributed by atoms with Gasteiger partial charge in [-0.05, 0) is 27.1 Å². The average molecular weight is 164 g/mol. The molecular weight excluding hydrogens is 150 g/mol. The number of rotatable bonds is 1. The molecule has 1 rings (SSSR count). The van der Waals surface area contributed by atoms with Gasteiger partial charge in [-0.15, -0.1) is 0 Å². The molecule has 1 saturated heterocycles. The van der Waals surface area contributed by atoms with Crippen LogP contribution in [0, 0.1) is 0 Å². The number of halogens is 2. The Bertz CT molecular complexity index is 136. The van der Waals surface area contributed by atoms with E-state index in [9.17, 15) is 8.78 Å². The largest absolute Gasteiger partial charge is 0.311 e. The number of hydrogen-bond donors (Lipinski definition) is 1. The Balaban J connectivity index is 2.60. The van der Waals surface area contributed by atoms with E-state index < -0.39 is 12.0 Å². The summed E-state index contributed by atoms with van der Waals surface area (Å²) >= 11 is 0. The van der Waals surface area contributed by atoms with E-state index in [0.29, 0.717) is 13.0 Å². The summed E-state index contributed by atoms with van der Waals surface area (Å²) in [6.45, 7) is 0.508. The summed E-state index contributed by atoms with van der Waals surface area (Å²) in [6, 6.07) is -0.594. The minimum Gasteiger partial charge on any atom is -0.311 e. The van der Waals surface area contributed by atoms with Crippen molar-refractivity contribution in [1.82, 2.24) is 10.2 Å². The maximum absolute atomic E-state index is 13.0. The summed E-state index contributed by atoms with van der Waals surface area (Å²) in [6.07, 6.45) is 0.528. The van der Waals surface area contributed by atoms with Crippen LogP contribution in [0.15, 0.2) is 0 Å². The molecule has 0 spiro atoms. The molecule has 1 heterocycles. The van der Waals surface area contributed by atoms with E-state index in [4.69, 9.17) is 0 Å². The van der Waals surface area contributed by atoms with Crippen LogP contribution in [0.25, 0.3) is 0 Å². The quantitative estimate of drug-likeness (QED) is 0.608. The lowest BCUT2D eigenvalue weighted by molar-refractivity contribution is -0.0829. The zero-order valence-electron chi connectivity index (χ0n) is 6.90. The molecule has 0 aromatic rings. The first-order valence-corrected chi connectivity index (χ1v) is 3.79. The SMILES string of the molecule is CN(C)[C@@H]1CCNCC1(F)F. The molecule has 0 aromatic carbocycles. The molecule has 2 nitrogen and oxygen atoms in total. The van der Waals surface area contributed by atoms with Crippen molar-refractivity contribution in [3.63, 3.8) is 0 Å². The third-order valence-corrected chi connectivity index (χ3v) is 2.07. The maximum atomic E-state index is 13.0. The Kier molecular flexibility index (Phi) is 2.44. The Morgan fingerprint density at radius 3 is 2.45 bits per heavy atom. The summed E-state index contributed by atoms with van der Waals surface area (Å²) in [5.41, 5.74) is 0. The highest BCUT2D eigenvalue weighted by atomic mass is 19.3. The number of piperidine rings is 1. The normalized spacial score (nSPS) is 30.8. The zero-order chi connectivity index (χ0) is 8.48. The van der Waals surface area contributed by atoms with Crippen LogP contribution in [0.3, 0.4) is 0 Å². The molecule has 0 radical (unpaired) electrons. The molecule has 4 heteroatoms. The first-order valence-electron chi connectivity index (χ1n) is 3.79. The molecule has 1 atom stereocenters. The van der Waals surface area contributed by atoms with Gasteiger partial charge in [0.15, 0.2) is 0 Å². The van der Waals surface area contributed by atoms with Gasteiger partial charge < -0.3 is 10.2 Å². The Hall–Kier alpha value is -0.220. The van der Waals surface area contributed by atoms with Gasteiger partial charge in [0.2, 0.25) is 0 Å². The first-order chi connectivity index (χ1) is 5.04. The molecule has 0 aromatic heterocycles. The van der Waals surface area contributed by atoms with E-state index in [2.05, 4.69) is 5.32 Å². The topological polar surface area (TPSA) is 15.3 Å². The standard InChI is InChI=1S/C7H14F2N2/c1-11(2)6-3-4-10-5-7(6,8)9/h6,10H,3-5H2,1-2H3/t6-/m1/s1. The zero-order valence-corrected chi connectivity index (χ0v) is 6.90. The molecule has 1 aliphatic heterocycles. The molecule has 1 aliphatic rings. The third kappa shape index (κ3) is 1.87. The van der Waals surface area contributed by atoms with E-state index >= 15 is 0 Å². The van der Waals surface area contributed by atoms with Crippen LogP contribution in [0.4, 0.5) is 8.78 Å². The predicted octanol–water partition coefficient (Wildman–Crippen LogP) is 0.545. The Labute approximate surface area is 65.6 Å². The van der Waals surface area contributed by atoms with Crippen molar-refractivity contribution in [2.75, 3.05) is 27.2 Å². The van der Waals surface area contributed by atoms with E-state index in [1.54, 1.807) is 19.0 Å². The lowest BCUT2D eigenvalue weighted by Crippen LogP contribution is -2.55. The van der Waals surface area contributed by atoms with Gasteiger partial charge in [-0.1, -0.05) is 0 Å². The number of hydrogen-bond acceptors (Lipinski definition) is 2. The summed E-state index contributed by atoms with van der Waals surface area (Å²) in [7, 11) is 3.40. The summed E-state index contributed by atoms with van der Waals surface area (Å²) < 4.78 is 26.0. The highest BCUT2D eigenvalue weighted by Gasteiger charge is 2.42. The van der Waals surface area contributed by atoms with Gasteiger partial charge in [-0.3, -0.25) is 0 Å². The van der Waals surface area contributed by atoms with Crippen molar-refractivity contribution in [3.8, 4) is 0 Å². The van der Waals surface area contributed by atoms with Crippen LogP contribution in [-0.2, 0) is 0 Å². The maximum Gasteiger partial charge on any atom is 0.275 e. The van der Waals surface area contributed by atoms with Crippen molar-refractivity contribution in [3.05, 3.63) is 0 Å².